The standard InChI is InChI=1S/C17H12BrClF3N3O2/c18-12-5-6-14(19)13(7-12)16(27)23-9-15(26)25-24-8-10-1-3-11(4-2-10)17(20,21)22/h1-8H,9H2,(H,23,27)(H,25,26)/b24-8+. The number of benzene rings is 2. The van der Waals surface area contributed by atoms with Gasteiger partial charge >= 0.3 is 6.18 Å². The van der Waals surface area contributed by atoms with E-state index >= 15 is 0 Å². The molecule has 0 bridgehead atoms. The molecule has 0 spiro atoms. The first-order chi connectivity index (χ1) is 12.7. The Morgan fingerprint density at radius 3 is 2.44 bits per heavy atom. The number of carbonyl (C=O) groups excluding carboxylic acids is 2. The Kier molecular flexibility index (Phi) is 6.98. The zero-order valence-corrected chi connectivity index (χ0v) is 15.8. The van der Waals surface area contributed by atoms with E-state index in [1.54, 1.807) is 6.07 Å². The molecule has 2 rings (SSSR count). The van der Waals surface area contributed by atoms with E-state index < -0.39 is 23.6 Å². The molecular formula is C17H12BrClF3N3O2. The van der Waals surface area contributed by atoms with Crippen LogP contribution in [0.2, 0.25) is 5.02 Å². The van der Waals surface area contributed by atoms with Gasteiger partial charge in [0.15, 0.2) is 0 Å². The van der Waals surface area contributed by atoms with Gasteiger partial charge in [-0.3, -0.25) is 9.59 Å². The predicted molar refractivity (Wildman–Crippen MR) is 98.7 cm³/mol. The number of rotatable bonds is 5. The third kappa shape index (κ3) is 6.37. The molecule has 142 valence electrons. The third-order valence-corrected chi connectivity index (χ3v) is 4.05. The van der Waals surface area contributed by atoms with Crippen molar-refractivity contribution in [3.8, 4) is 0 Å². The summed E-state index contributed by atoms with van der Waals surface area (Å²) in [6.45, 7) is -0.355. The molecule has 0 aliphatic carbocycles. The molecule has 0 radical (unpaired) electrons. The first kappa shape index (κ1) is 20.9. The summed E-state index contributed by atoms with van der Waals surface area (Å²) in [6, 6.07) is 8.97. The van der Waals surface area contributed by atoms with E-state index in [1.165, 1.54) is 30.5 Å². The Hall–Kier alpha value is -2.39. The summed E-state index contributed by atoms with van der Waals surface area (Å²) in [5, 5.41) is 6.24. The van der Waals surface area contributed by atoms with Crippen molar-refractivity contribution in [2.45, 2.75) is 6.18 Å². The van der Waals surface area contributed by atoms with Crippen LogP contribution in [0.25, 0.3) is 0 Å². The number of carbonyl (C=O) groups is 2. The Morgan fingerprint density at radius 2 is 1.81 bits per heavy atom. The minimum Gasteiger partial charge on any atom is -0.343 e. The maximum atomic E-state index is 12.5. The second-order valence-corrected chi connectivity index (χ2v) is 6.54. The Labute approximate surface area is 165 Å². The maximum absolute atomic E-state index is 12.5. The van der Waals surface area contributed by atoms with Crippen molar-refractivity contribution in [1.82, 2.24) is 10.7 Å². The lowest BCUT2D eigenvalue weighted by Crippen LogP contribution is -2.35. The van der Waals surface area contributed by atoms with Crippen LogP contribution in [0.1, 0.15) is 21.5 Å². The number of nitrogens with one attached hydrogen (secondary N) is 2. The second-order valence-electron chi connectivity index (χ2n) is 5.22. The summed E-state index contributed by atoms with van der Waals surface area (Å²) in [6.07, 6.45) is -3.23. The molecule has 2 aromatic rings. The van der Waals surface area contributed by atoms with Crippen molar-refractivity contribution >= 4 is 45.6 Å². The minimum absolute atomic E-state index is 0.201. The molecule has 0 heterocycles. The number of hydrogen-bond acceptors (Lipinski definition) is 3. The minimum atomic E-state index is -4.42. The maximum Gasteiger partial charge on any atom is 0.416 e. The number of nitrogens with zero attached hydrogens (tertiary/aromatic N) is 1. The van der Waals surface area contributed by atoms with E-state index in [0.29, 0.717) is 10.0 Å². The third-order valence-electron chi connectivity index (χ3n) is 3.22. The van der Waals surface area contributed by atoms with Crippen LogP contribution in [0.5, 0.6) is 0 Å². The van der Waals surface area contributed by atoms with Gasteiger partial charge in [-0.05, 0) is 35.9 Å². The monoisotopic (exact) mass is 461 g/mol. The van der Waals surface area contributed by atoms with E-state index in [4.69, 9.17) is 11.6 Å². The Morgan fingerprint density at radius 1 is 1.15 bits per heavy atom. The van der Waals surface area contributed by atoms with E-state index in [9.17, 15) is 22.8 Å². The van der Waals surface area contributed by atoms with Gasteiger partial charge in [-0.15, -0.1) is 0 Å². The van der Waals surface area contributed by atoms with Crippen molar-refractivity contribution in [2.24, 2.45) is 5.10 Å². The molecule has 0 fully saturated rings. The first-order valence-electron chi connectivity index (χ1n) is 7.39. The molecule has 27 heavy (non-hydrogen) atoms. The zero-order valence-electron chi connectivity index (χ0n) is 13.5. The lowest BCUT2D eigenvalue weighted by Gasteiger charge is -2.07. The normalized spacial score (nSPS) is 11.4. The smallest absolute Gasteiger partial charge is 0.343 e. The molecule has 0 saturated heterocycles. The molecule has 0 unspecified atom stereocenters. The SMILES string of the molecule is O=C(CNC(=O)c1cc(Br)ccc1Cl)N/N=C/c1ccc(C(F)(F)F)cc1. The van der Waals surface area contributed by atoms with Gasteiger partial charge < -0.3 is 5.32 Å². The molecule has 2 aromatic carbocycles. The molecular weight excluding hydrogens is 451 g/mol. The fourth-order valence-corrected chi connectivity index (χ4v) is 2.47. The lowest BCUT2D eigenvalue weighted by molar-refractivity contribution is -0.137. The molecule has 5 nitrogen and oxygen atoms in total. The highest BCUT2D eigenvalue weighted by Gasteiger charge is 2.29. The topological polar surface area (TPSA) is 70.6 Å². The summed E-state index contributed by atoms with van der Waals surface area (Å²) in [4.78, 5) is 23.7. The molecule has 10 heteroatoms. The van der Waals surface area contributed by atoms with Gasteiger partial charge in [0.2, 0.25) is 0 Å². The van der Waals surface area contributed by atoms with E-state index in [1.807, 2.05) is 0 Å². The largest absolute Gasteiger partial charge is 0.416 e. The zero-order chi connectivity index (χ0) is 20.0. The van der Waals surface area contributed by atoms with Gasteiger partial charge in [0.25, 0.3) is 11.8 Å². The highest BCUT2D eigenvalue weighted by atomic mass is 79.9. The van der Waals surface area contributed by atoms with E-state index in [-0.39, 0.29) is 17.1 Å². The quantitative estimate of drug-likeness (QED) is 0.521. The van der Waals surface area contributed by atoms with Crippen molar-refractivity contribution < 1.29 is 22.8 Å². The van der Waals surface area contributed by atoms with Gasteiger partial charge in [-0.2, -0.15) is 18.3 Å². The number of hydrogen-bond donors (Lipinski definition) is 2. The average Bonchev–Trinajstić information content (AvgIpc) is 2.61. The number of halogens is 5. The Balaban J connectivity index is 1.84. The molecule has 2 N–H and O–H groups in total. The second kappa shape index (κ2) is 9.01. The van der Waals surface area contributed by atoms with Crippen LogP contribution in [-0.2, 0) is 11.0 Å². The van der Waals surface area contributed by atoms with Gasteiger partial charge in [-0.1, -0.05) is 39.7 Å². The van der Waals surface area contributed by atoms with Gasteiger partial charge in [-0.25, -0.2) is 5.43 Å². The predicted octanol–water partition coefficient (Wildman–Crippen LogP) is 4.00. The van der Waals surface area contributed by atoms with Crippen LogP contribution in [0, 0.1) is 0 Å². The molecule has 0 aromatic heterocycles. The number of amides is 2. The van der Waals surface area contributed by atoms with Crippen LogP contribution < -0.4 is 10.7 Å². The highest BCUT2D eigenvalue weighted by Crippen LogP contribution is 2.28. The Bertz CT molecular complexity index is 871. The van der Waals surface area contributed by atoms with Crippen molar-refractivity contribution in [3.05, 3.63) is 68.7 Å². The fourth-order valence-electron chi connectivity index (χ4n) is 1.90. The van der Waals surface area contributed by atoms with E-state index in [2.05, 4.69) is 31.8 Å². The fraction of sp³-hybridized carbons (Fsp3) is 0.118. The lowest BCUT2D eigenvalue weighted by atomic mass is 10.1. The summed E-state index contributed by atoms with van der Waals surface area (Å²) < 4.78 is 38.0. The van der Waals surface area contributed by atoms with Crippen LogP contribution >= 0.6 is 27.5 Å². The van der Waals surface area contributed by atoms with Crippen molar-refractivity contribution in [1.29, 1.82) is 0 Å². The molecule has 0 aliphatic heterocycles. The summed E-state index contributed by atoms with van der Waals surface area (Å²) >= 11 is 9.14. The summed E-state index contributed by atoms with van der Waals surface area (Å²) in [7, 11) is 0. The van der Waals surface area contributed by atoms with Crippen LogP contribution in [0.3, 0.4) is 0 Å². The molecule has 0 aliphatic rings. The van der Waals surface area contributed by atoms with Gasteiger partial charge in [0.1, 0.15) is 0 Å². The first-order valence-corrected chi connectivity index (χ1v) is 8.56. The number of hydrazone groups is 1. The van der Waals surface area contributed by atoms with Crippen LogP contribution in [-0.4, -0.2) is 24.6 Å². The summed E-state index contributed by atoms with van der Waals surface area (Å²) in [5.74, 6) is -1.15. The summed E-state index contributed by atoms with van der Waals surface area (Å²) in [5.41, 5.74) is 1.95. The van der Waals surface area contributed by atoms with Gasteiger partial charge in [0.05, 0.1) is 28.9 Å². The van der Waals surface area contributed by atoms with Crippen LogP contribution in [0.15, 0.2) is 52.0 Å². The van der Waals surface area contributed by atoms with Gasteiger partial charge in [0, 0.05) is 4.47 Å². The highest BCUT2D eigenvalue weighted by molar-refractivity contribution is 9.10. The van der Waals surface area contributed by atoms with Crippen molar-refractivity contribution in [2.75, 3.05) is 6.54 Å². The van der Waals surface area contributed by atoms with Crippen LogP contribution in [0.4, 0.5) is 13.2 Å². The number of alkyl halides is 3. The average molecular weight is 463 g/mol. The molecule has 2 amide bonds. The van der Waals surface area contributed by atoms with Crippen molar-refractivity contribution in [3.63, 3.8) is 0 Å². The molecule has 0 atom stereocenters. The van der Waals surface area contributed by atoms with E-state index in [0.717, 1.165) is 12.1 Å². The molecule has 0 saturated carbocycles.